The first-order chi connectivity index (χ1) is 10.3. The van der Waals surface area contributed by atoms with E-state index in [1.807, 2.05) is 11.8 Å². The molecule has 2 aromatic rings. The Morgan fingerprint density at radius 3 is 2.29 bits per heavy atom. The van der Waals surface area contributed by atoms with Crippen LogP contribution in [0.1, 0.15) is 47.9 Å². The average Bonchev–Trinajstić information content (AvgIpc) is 2.48. The minimum atomic E-state index is 0.283. The zero-order valence-corrected chi connectivity index (χ0v) is 13.6. The second kappa shape index (κ2) is 6.67. The van der Waals surface area contributed by atoms with Gasteiger partial charge in [0.15, 0.2) is 0 Å². The Kier molecular flexibility index (Phi) is 4.67. The van der Waals surface area contributed by atoms with Crippen LogP contribution in [-0.2, 0) is 0 Å². The van der Waals surface area contributed by atoms with Gasteiger partial charge in [-0.1, -0.05) is 48.9 Å². The highest BCUT2D eigenvalue weighted by molar-refractivity contribution is 7.98. The van der Waals surface area contributed by atoms with E-state index in [-0.39, 0.29) is 6.04 Å². The Labute approximate surface area is 132 Å². The summed E-state index contributed by atoms with van der Waals surface area (Å²) in [5.74, 6) is 0.762. The van der Waals surface area contributed by atoms with E-state index in [1.54, 1.807) is 5.56 Å². The lowest BCUT2D eigenvalue weighted by Crippen LogP contribution is -2.22. The van der Waals surface area contributed by atoms with Crippen LogP contribution >= 0.6 is 11.8 Å². The van der Waals surface area contributed by atoms with Crippen molar-refractivity contribution in [2.24, 2.45) is 0 Å². The number of benzene rings is 2. The number of hydrogen-bond donors (Lipinski definition) is 1. The highest BCUT2D eigenvalue weighted by atomic mass is 32.2. The third-order valence-corrected chi connectivity index (χ3v) is 5.40. The zero-order valence-electron chi connectivity index (χ0n) is 12.8. The molecule has 0 aliphatic heterocycles. The fraction of sp³-hybridized carbons (Fsp3) is 0.368. The topological polar surface area (TPSA) is 12.0 Å². The predicted molar refractivity (Wildman–Crippen MR) is 92.2 cm³/mol. The molecule has 2 aromatic carbocycles. The lowest BCUT2D eigenvalue weighted by molar-refractivity contribution is 0.415. The quantitative estimate of drug-likeness (QED) is 0.781. The summed E-state index contributed by atoms with van der Waals surface area (Å²) in [6.07, 6.45) is 6.23. The van der Waals surface area contributed by atoms with Crippen molar-refractivity contribution in [2.45, 2.75) is 36.1 Å². The summed E-state index contributed by atoms with van der Waals surface area (Å²) in [6, 6.07) is 18.0. The molecule has 21 heavy (non-hydrogen) atoms. The molecule has 0 heterocycles. The molecule has 2 heteroatoms. The van der Waals surface area contributed by atoms with Crippen LogP contribution in [0, 0.1) is 0 Å². The standard InChI is InChI=1S/C19H23NS/c1-20-19(17-12-5-6-13-18(17)21-2)16-11-4-3-10-15(16)14-8-7-9-14/h3-6,10-14,19-20H,7-9H2,1-2H3. The van der Waals surface area contributed by atoms with E-state index in [0.29, 0.717) is 0 Å². The molecule has 0 aromatic heterocycles. The van der Waals surface area contributed by atoms with Crippen molar-refractivity contribution in [3.05, 3.63) is 65.2 Å². The van der Waals surface area contributed by atoms with E-state index >= 15 is 0 Å². The Morgan fingerprint density at radius 2 is 1.67 bits per heavy atom. The fourth-order valence-electron chi connectivity index (χ4n) is 3.25. The van der Waals surface area contributed by atoms with Crippen molar-refractivity contribution in [3.8, 4) is 0 Å². The summed E-state index contributed by atoms with van der Waals surface area (Å²) in [7, 11) is 2.07. The Hall–Kier alpha value is -1.25. The van der Waals surface area contributed by atoms with Crippen LogP contribution in [0.15, 0.2) is 53.4 Å². The molecular weight excluding hydrogens is 274 g/mol. The Balaban J connectivity index is 2.04. The van der Waals surface area contributed by atoms with E-state index in [1.165, 1.54) is 35.3 Å². The first kappa shape index (κ1) is 14.7. The molecule has 1 aliphatic rings. The molecule has 1 fully saturated rings. The highest BCUT2D eigenvalue weighted by Crippen LogP contribution is 2.41. The lowest BCUT2D eigenvalue weighted by atomic mass is 9.76. The van der Waals surface area contributed by atoms with Gasteiger partial charge in [-0.05, 0) is 54.8 Å². The Morgan fingerprint density at radius 1 is 1.00 bits per heavy atom. The van der Waals surface area contributed by atoms with Crippen molar-refractivity contribution < 1.29 is 0 Å². The monoisotopic (exact) mass is 297 g/mol. The summed E-state index contributed by atoms with van der Waals surface area (Å²) in [6.45, 7) is 0. The maximum absolute atomic E-state index is 3.54. The third-order valence-electron chi connectivity index (χ3n) is 4.59. The summed E-state index contributed by atoms with van der Waals surface area (Å²) in [4.78, 5) is 1.36. The molecule has 1 N–H and O–H groups in total. The summed E-state index contributed by atoms with van der Waals surface area (Å²) >= 11 is 1.83. The molecule has 1 unspecified atom stereocenters. The van der Waals surface area contributed by atoms with Gasteiger partial charge in [0, 0.05) is 4.90 Å². The number of rotatable bonds is 5. The largest absolute Gasteiger partial charge is 0.309 e. The van der Waals surface area contributed by atoms with Gasteiger partial charge < -0.3 is 5.32 Å². The fourth-order valence-corrected chi connectivity index (χ4v) is 3.88. The van der Waals surface area contributed by atoms with Crippen LogP contribution < -0.4 is 5.32 Å². The third kappa shape index (κ3) is 2.88. The van der Waals surface area contributed by atoms with Crippen LogP contribution in [0.2, 0.25) is 0 Å². The second-order valence-corrected chi connectivity index (χ2v) is 6.57. The van der Waals surface area contributed by atoms with Crippen molar-refractivity contribution in [1.29, 1.82) is 0 Å². The molecule has 1 aliphatic carbocycles. The minimum Gasteiger partial charge on any atom is -0.309 e. The van der Waals surface area contributed by atoms with Crippen LogP contribution in [-0.4, -0.2) is 13.3 Å². The number of nitrogens with one attached hydrogen (secondary N) is 1. The lowest BCUT2D eigenvalue weighted by Gasteiger charge is -2.31. The number of hydrogen-bond acceptors (Lipinski definition) is 2. The molecule has 0 spiro atoms. The zero-order chi connectivity index (χ0) is 14.7. The van der Waals surface area contributed by atoms with E-state index in [9.17, 15) is 0 Å². The smallest absolute Gasteiger partial charge is 0.0588 e. The first-order valence-corrected chi connectivity index (χ1v) is 8.96. The van der Waals surface area contributed by atoms with Gasteiger partial charge in [0.25, 0.3) is 0 Å². The normalized spacial score (nSPS) is 16.5. The predicted octanol–water partition coefficient (Wildman–Crippen LogP) is 4.98. The summed E-state index contributed by atoms with van der Waals surface area (Å²) in [5, 5.41) is 3.54. The van der Waals surface area contributed by atoms with Gasteiger partial charge >= 0.3 is 0 Å². The van der Waals surface area contributed by atoms with Gasteiger partial charge in [-0.15, -0.1) is 11.8 Å². The first-order valence-electron chi connectivity index (χ1n) is 7.74. The minimum absolute atomic E-state index is 0.283. The van der Waals surface area contributed by atoms with E-state index < -0.39 is 0 Å². The van der Waals surface area contributed by atoms with E-state index in [2.05, 4.69) is 67.2 Å². The summed E-state index contributed by atoms with van der Waals surface area (Å²) in [5.41, 5.74) is 4.38. The molecule has 110 valence electrons. The van der Waals surface area contributed by atoms with Crippen molar-refractivity contribution in [1.82, 2.24) is 5.32 Å². The van der Waals surface area contributed by atoms with E-state index in [0.717, 1.165) is 5.92 Å². The molecule has 0 radical (unpaired) electrons. The molecule has 0 saturated heterocycles. The van der Waals surface area contributed by atoms with Gasteiger partial charge in [-0.25, -0.2) is 0 Å². The van der Waals surface area contributed by atoms with Gasteiger partial charge in [-0.2, -0.15) is 0 Å². The van der Waals surface area contributed by atoms with Crippen LogP contribution in [0.4, 0.5) is 0 Å². The summed E-state index contributed by atoms with van der Waals surface area (Å²) < 4.78 is 0. The van der Waals surface area contributed by atoms with Gasteiger partial charge in [-0.3, -0.25) is 0 Å². The molecule has 0 amide bonds. The van der Waals surface area contributed by atoms with Crippen LogP contribution in [0.3, 0.4) is 0 Å². The van der Waals surface area contributed by atoms with Crippen LogP contribution in [0.5, 0.6) is 0 Å². The second-order valence-electron chi connectivity index (χ2n) is 5.72. The molecule has 1 saturated carbocycles. The SMILES string of the molecule is CNC(c1ccccc1SC)c1ccccc1C1CCC1. The van der Waals surface area contributed by atoms with E-state index in [4.69, 9.17) is 0 Å². The van der Waals surface area contributed by atoms with Crippen molar-refractivity contribution >= 4 is 11.8 Å². The van der Waals surface area contributed by atoms with Crippen molar-refractivity contribution in [2.75, 3.05) is 13.3 Å². The molecule has 3 rings (SSSR count). The molecule has 1 atom stereocenters. The van der Waals surface area contributed by atoms with Gasteiger partial charge in [0.1, 0.15) is 0 Å². The molecular formula is C19H23NS. The average molecular weight is 297 g/mol. The highest BCUT2D eigenvalue weighted by Gasteiger charge is 2.25. The van der Waals surface area contributed by atoms with Crippen molar-refractivity contribution in [3.63, 3.8) is 0 Å². The molecule has 1 nitrogen and oxygen atoms in total. The maximum atomic E-state index is 3.54. The van der Waals surface area contributed by atoms with Gasteiger partial charge in [0.05, 0.1) is 6.04 Å². The maximum Gasteiger partial charge on any atom is 0.0588 e. The number of thioether (sulfide) groups is 1. The van der Waals surface area contributed by atoms with Gasteiger partial charge in [0.2, 0.25) is 0 Å². The Bertz CT molecular complexity index is 604. The van der Waals surface area contributed by atoms with Crippen LogP contribution in [0.25, 0.3) is 0 Å². The molecule has 0 bridgehead atoms.